The number of nitrogens with zero attached hydrogens (tertiary/aromatic N) is 1. The number of hydrogen-bond donors (Lipinski definition) is 0. The molecule has 2 nitrogen and oxygen atoms in total. The molecule has 0 saturated carbocycles. The second-order valence-corrected chi connectivity index (χ2v) is 3.43. The van der Waals surface area contributed by atoms with Crippen LogP contribution < -0.4 is 5.56 Å². The SMILES string of the molecule is [2H]Cc1cccc(=O)n1Cc1ccccc1. The fourth-order valence-electron chi connectivity index (χ4n) is 1.51. The summed E-state index contributed by atoms with van der Waals surface area (Å²) in [5.74, 6) is 0. The molecule has 0 amide bonds. The van der Waals surface area contributed by atoms with Crippen LogP contribution in [0.3, 0.4) is 0 Å². The predicted octanol–water partition coefficient (Wildman–Crippen LogP) is 2.21. The Morgan fingerprint density at radius 1 is 1.13 bits per heavy atom. The molecule has 2 aromatic rings. The van der Waals surface area contributed by atoms with Crippen LogP contribution in [-0.4, -0.2) is 4.57 Å². The highest BCUT2D eigenvalue weighted by Gasteiger charge is 1.99. The predicted molar refractivity (Wildman–Crippen MR) is 61.0 cm³/mol. The average Bonchev–Trinajstić information content (AvgIpc) is 2.33. The van der Waals surface area contributed by atoms with Crippen molar-refractivity contribution >= 4 is 0 Å². The molecule has 2 rings (SSSR count). The van der Waals surface area contributed by atoms with E-state index in [1.165, 1.54) is 6.07 Å². The second kappa shape index (κ2) is 4.13. The molecule has 15 heavy (non-hydrogen) atoms. The molecule has 0 saturated heterocycles. The summed E-state index contributed by atoms with van der Waals surface area (Å²) in [6.07, 6.45) is 0. The van der Waals surface area contributed by atoms with Crippen LogP contribution in [0.15, 0.2) is 53.3 Å². The van der Waals surface area contributed by atoms with E-state index in [4.69, 9.17) is 1.37 Å². The number of benzene rings is 1. The van der Waals surface area contributed by atoms with Crippen LogP contribution in [0, 0.1) is 6.90 Å². The minimum Gasteiger partial charge on any atom is -0.309 e. The van der Waals surface area contributed by atoms with Gasteiger partial charge in [0.15, 0.2) is 0 Å². The number of aromatic nitrogens is 1. The highest BCUT2D eigenvalue weighted by molar-refractivity contribution is 5.16. The smallest absolute Gasteiger partial charge is 0.251 e. The van der Waals surface area contributed by atoms with E-state index in [1.54, 1.807) is 10.6 Å². The Morgan fingerprint density at radius 3 is 2.67 bits per heavy atom. The molecule has 2 heteroatoms. The number of rotatable bonds is 2. The highest BCUT2D eigenvalue weighted by Crippen LogP contribution is 2.02. The lowest BCUT2D eigenvalue weighted by Crippen LogP contribution is -2.21. The topological polar surface area (TPSA) is 22.0 Å². The van der Waals surface area contributed by atoms with Crippen molar-refractivity contribution in [1.29, 1.82) is 0 Å². The first kappa shape index (κ1) is 8.48. The van der Waals surface area contributed by atoms with Crippen molar-refractivity contribution in [2.75, 3.05) is 0 Å². The lowest BCUT2D eigenvalue weighted by atomic mass is 10.2. The average molecular weight is 200 g/mol. The Bertz CT molecular complexity index is 519. The number of hydrogen-bond acceptors (Lipinski definition) is 1. The van der Waals surface area contributed by atoms with Gasteiger partial charge in [0.2, 0.25) is 0 Å². The van der Waals surface area contributed by atoms with Crippen molar-refractivity contribution in [3.05, 3.63) is 70.1 Å². The third-order valence-electron chi connectivity index (χ3n) is 2.32. The Balaban J connectivity index is 2.38. The first-order valence-corrected chi connectivity index (χ1v) is 4.83. The van der Waals surface area contributed by atoms with Crippen LogP contribution in [0.4, 0.5) is 0 Å². The molecular formula is C13H13NO. The molecule has 0 spiro atoms. The molecule has 0 aliphatic rings. The standard InChI is InChI=1S/C13H13NO/c1-11-6-5-9-13(15)14(11)10-12-7-3-2-4-8-12/h2-9H,10H2,1H3/i1D. The van der Waals surface area contributed by atoms with E-state index < -0.39 is 0 Å². The number of pyridine rings is 1. The molecule has 0 atom stereocenters. The van der Waals surface area contributed by atoms with E-state index in [-0.39, 0.29) is 12.5 Å². The van der Waals surface area contributed by atoms with Gasteiger partial charge in [0.05, 0.1) is 6.54 Å². The van der Waals surface area contributed by atoms with Crippen molar-refractivity contribution in [2.24, 2.45) is 0 Å². The number of aryl methyl sites for hydroxylation is 1. The summed E-state index contributed by atoms with van der Waals surface area (Å²) in [7, 11) is 0. The van der Waals surface area contributed by atoms with E-state index >= 15 is 0 Å². The summed E-state index contributed by atoms with van der Waals surface area (Å²) in [5, 5.41) is 0. The highest BCUT2D eigenvalue weighted by atomic mass is 16.1. The van der Waals surface area contributed by atoms with Crippen molar-refractivity contribution in [3.63, 3.8) is 0 Å². The minimum atomic E-state index is -0.0476. The van der Waals surface area contributed by atoms with E-state index in [0.29, 0.717) is 6.54 Å². The summed E-state index contributed by atoms with van der Waals surface area (Å²) in [5.41, 5.74) is 1.77. The molecule has 1 aromatic carbocycles. The van der Waals surface area contributed by atoms with Crippen LogP contribution in [0.1, 0.15) is 12.6 Å². The van der Waals surface area contributed by atoms with E-state index in [1.807, 2.05) is 36.4 Å². The first-order chi connectivity index (χ1) is 7.81. The molecule has 0 bridgehead atoms. The van der Waals surface area contributed by atoms with Gasteiger partial charge in [-0.1, -0.05) is 36.4 Å². The van der Waals surface area contributed by atoms with Crippen LogP contribution in [-0.2, 0) is 6.54 Å². The van der Waals surface area contributed by atoms with E-state index in [0.717, 1.165) is 11.3 Å². The van der Waals surface area contributed by atoms with Crippen molar-refractivity contribution < 1.29 is 1.37 Å². The fraction of sp³-hybridized carbons (Fsp3) is 0.154. The van der Waals surface area contributed by atoms with Crippen molar-refractivity contribution in [2.45, 2.75) is 13.4 Å². The molecule has 0 radical (unpaired) electrons. The maximum Gasteiger partial charge on any atom is 0.251 e. The lowest BCUT2D eigenvalue weighted by Gasteiger charge is -2.08. The lowest BCUT2D eigenvalue weighted by molar-refractivity contribution is 0.730. The first-order valence-electron chi connectivity index (χ1n) is 5.54. The quantitative estimate of drug-likeness (QED) is 0.728. The van der Waals surface area contributed by atoms with Gasteiger partial charge in [-0.05, 0) is 18.5 Å². The summed E-state index contributed by atoms with van der Waals surface area (Å²) >= 11 is 0. The fourth-order valence-corrected chi connectivity index (χ4v) is 1.51. The van der Waals surface area contributed by atoms with Crippen molar-refractivity contribution in [1.82, 2.24) is 4.57 Å². The van der Waals surface area contributed by atoms with Gasteiger partial charge >= 0.3 is 0 Å². The largest absolute Gasteiger partial charge is 0.309 e. The molecule has 1 heterocycles. The summed E-state index contributed by atoms with van der Waals surface area (Å²) < 4.78 is 9.03. The second-order valence-electron chi connectivity index (χ2n) is 3.43. The van der Waals surface area contributed by atoms with Gasteiger partial charge in [0, 0.05) is 13.1 Å². The maximum absolute atomic E-state index is 11.7. The Kier molecular flexibility index (Phi) is 2.33. The molecular weight excluding hydrogens is 186 g/mol. The third kappa shape index (κ3) is 2.15. The summed E-state index contributed by atoms with van der Waals surface area (Å²) in [6, 6.07) is 14.9. The Hall–Kier alpha value is -1.83. The van der Waals surface area contributed by atoms with Gasteiger partial charge in [-0.15, -0.1) is 0 Å². The molecule has 0 aliphatic carbocycles. The van der Waals surface area contributed by atoms with Gasteiger partial charge < -0.3 is 4.57 Å². The van der Waals surface area contributed by atoms with Crippen LogP contribution in [0.2, 0.25) is 0 Å². The normalized spacial score (nSPS) is 11.1. The molecule has 0 fully saturated rings. The zero-order valence-electron chi connectivity index (χ0n) is 9.39. The van der Waals surface area contributed by atoms with Gasteiger partial charge in [-0.2, -0.15) is 0 Å². The molecule has 1 aromatic heterocycles. The van der Waals surface area contributed by atoms with Gasteiger partial charge in [0.1, 0.15) is 0 Å². The van der Waals surface area contributed by atoms with Crippen LogP contribution >= 0.6 is 0 Å². The maximum atomic E-state index is 11.7. The molecule has 0 unspecified atom stereocenters. The van der Waals surface area contributed by atoms with Gasteiger partial charge in [0.25, 0.3) is 5.56 Å². The molecule has 0 N–H and O–H groups in total. The molecule has 0 aliphatic heterocycles. The minimum absolute atomic E-state index is 0.0476. The van der Waals surface area contributed by atoms with Crippen LogP contribution in [0.5, 0.6) is 0 Å². The zero-order valence-corrected chi connectivity index (χ0v) is 8.39. The van der Waals surface area contributed by atoms with Crippen LogP contribution in [0.25, 0.3) is 0 Å². The summed E-state index contributed by atoms with van der Waals surface area (Å²) in [4.78, 5) is 11.7. The molecule has 76 valence electrons. The third-order valence-corrected chi connectivity index (χ3v) is 2.32. The summed E-state index contributed by atoms with van der Waals surface area (Å²) in [6.45, 7) is 0.664. The monoisotopic (exact) mass is 200 g/mol. The van der Waals surface area contributed by atoms with Crippen molar-refractivity contribution in [3.8, 4) is 0 Å². The van der Waals surface area contributed by atoms with E-state index in [9.17, 15) is 4.79 Å². The zero-order chi connectivity index (χ0) is 11.4. The van der Waals surface area contributed by atoms with Gasteiger partial charge in [-0.3, -0.25) is 4.79 Å². The van der Waals surface area contributed by atoms with Gasteiger partial charge in [-0.25, -0.2) is 0 Å². The Morgan fingerprint density at radius 2 is 1.93 bits per heavy atom. The van der Waals surface area contributed by atoms with E-state index in [2.05, 4.69) is 0 Å². The Labute approximate surface area is 90.2 Å².